The number of rotatable bonds is 1. The minimum absolute atomic E-state index is 0.0452. The molecule has 0 aliphatic heterocycles. The van der Waals surface area contributed by atoms with E-state index in [1.54, 1.807) is 6.07 Å². The third kappa shape index (κ3) is 1.87. The number of anilines is 1. The van der Waals surface area contributed by atoms with Gasteiger partial charge in [-0.1, -0.05) is 18.2 Å². The Balaban J connectivity index is 2.34. The van der Waals surface area contributed by atoms with Gasteiger partial charge in [0, 0.05) is 5.39 Å². The highest BCUT2D eigenvalue weighted by molar-refractivity contribution is 5.92. The molecule has 2 N–H and O–H groups in total. The van der Waals surface area contributed by atoms with E-state index in [0.717, 1.165) is 5.56 Å². The molecule has 2 aromatic carbocycles. The van der Waals surface area contributed by atoms with Crippen LogP contribution in [0.5, 0.6) is 0 Å². The van der Waals surface area contributed by atoms with Gasteiger partial charge in [0.15, 0.2) is 5.82 Å². The summed E-state index contributed by atoms with van der Waals surface area (Å²) in [5, 5.41) is 0.702. The number of hydrogen-bond donors (Lipinski definition) is 1. The van der Waals surface area contributed by atoms with E-state index >= 15 is 0 Å². The molecule has 3 aromatic rings. The fourth-order valence-corrected chi connectivity index (χ4v) is 2.21. The molecule has 0 fully saturated rings. The summed E-state index contributed by atoms with van der Waals surface area (Å²) < 4.78 is 27.6. The summed E-state index contributed by atoms with van der Waals surface area (Å²) in [7, 11) is 0. The lowest BCUT2D eigenvalue weighted by atomic mass is 10.1. The molecule has 1 heterocycles. The standard InChI is InChI=1S/C15H11F2N3/c1-8-4-2-7-11-12(8)14(18)20-15(19-11)13-9(16)5-3-6-10(13)17/h2-7H,1H3,(H2,18,19,20). The molecule has 0 aliphatic carbocycles. The molecule has 0 spiro atoms. The Labute approximate surface area is 114 Å². The van der Waals surface area contributed by atoms with Gasteiger partial charge in [0.05, 0.1) is 11.1 Å². The van der Waals surface area contributed by atoms with E-state index in [0.29, 0.717) is 10.9 Å². The Hall–Kier alpha value is -2.56. The van der Waals surface area contributed by atoms with Crippen molar-refractivity contribution < 1.29 is 8.78 Å². The van der Waals surface area contributed by atoms with Gasteiger partial charge in [0.1, 0.15) is 17.5 Å². The highest BCUT2D eigenvalue weighted by Crippen LogP contribution is 2.28. The number of hydrogen-bond acceptors (Lipinski definition) is 3. The third-order valence-electron chi connectivity index (χ3n) is 3.15. The van der Waals surface area contributed by atoms with Crippen LogP contribution in [0.25, 0.3) is 22.3 Å². The molecule has 0 saturated carbocycles. The van der Waals surface area contributed by atoms with Crippen molar-refractivity contribution in [1.82, 2.24) is 9.97 Å². The van der Waals surface area contributed by atoms with Gasteiger partial charge in [-0.15, -0.1) is 0 Å². The molecule has 3 nitrogen and oxygen atoms in total. The predicted molar refractivity (Wildman–Crippen MR) is 74.0 cm³/mol. The maximum atomic E-state index is 13.8. The summed E-state index contributed by atoms with van der Waals surface area (Å²) in [6, 6.07) is 9.05. The lowest BCUT2D eigenvalue weighted by Gasteiger charge is -2.08. The van der Waals surface area contributed by atoms with Crippen LogP contribution in [-0.4, -0.2) is 9.97 Å². The minimum atomic E-state index is -0.712. The molecular weight excluding hydrogens is 260 g/mol. The van der Waals surface area contributed by atoms with Crippen molar-refractivity contribution in [3.05, 3.63) is 53.6 Å². The highest BCUT2D eigenvalue weighted by Gasteiger charge is 2.16. The van der Waals surface area contributed by atoms with Crippen LogP contribution in [0, 0.1) is 18.6 Å². The Morgan fingerprint density at radius 2 is 1.60 bits per heavy atom. The van der Waals surface area contributed by atoms with Gasteiger partial charge >= 0.3 is 0 Å². The van der Waals surface area contributed by atoms with E-state index in [-0.39, 0.29) is 17.2 Å². The average molecular weight is 271 g/mol. The van der Waals surface area contributed by atoms with Crippen LogP contribution in [0.3, 0.4) is 0 Å². The lowest BCUT2D eigenvalue weighted by Crippen LogP contribution is -2.01. The lowest BCUT2D eigenvalue weighted by molar-refractivity contribution is 0.587. The fraction of sp³-hybridized carbons (Fsp3) is 0.0667. The van der Waals surface area contributed by atoms with E-state index < -0.39 is 11.6 Å². The number of fused-ring (bicyclic) bond motifs is 1. The van der Waals surface area contributed by atoms with Crippen molar-refractivity contribution in [2.24, 2.45) is 0 Å². The van der Waals surface area contributed by atoms with Crippen molar-refractivity contribution in [1.29, 1.82) is 0 Å². The monoisotopic (exact) mass is 271 g/mol. The number of nitrogens with two attached hydrogens (primary N) is 1. The van der Waals surface area contributed by atoms with Crippen LogP contribution in [0.1, 0.15) is 5.56 Å². The molecule has 0 aliphatic rings. The number of aryl methyl sites for hydroxylation is 1. The largest absolute Gasteiger partial charge is 0.383 e. The summed E-state index contributed by atoms with van der Waals surface area (Å²) in [5.41, 5.74) is 7.12. The molecule has 100 valence electrons. The molecule has 0 radical (unpaired) electrons. The van der Waals surface area contributed by atoms with Gasteiger partial charge in [0.25, 0.3) is 0 Å². The Kier molecular flexibility index (Phi) is 2.82. The van der Waals surface area contributed by atoms with E-state index in [1.807, 2.05) is 19.1 Å². The van der Waals surface area contributed by atoms with Crippen LogP contribution in [0.15, 0.2) is 36.4 Å². The van der Waals surface area contributed by atoms with Crippen molar-refractivity contribution >= 4 is 16.7 Å². The Morgan fingerprint density at radius 3 is 2.30 bits per heavy atom. The number of halogens is 2. The van der Waals surface area contributed by atoms with Crippen molar-refractivity contribution in [3.8, 4) is 11.4 Å². The van der Waals surface area contributed by atoms with Gasteiger partial charge in [-0.3, -0.25) is 0 Å². The number of benzene rings is 2. The molecule has 0 unspecified atom stereocenters. The molecule has 3 rings (SSSR count). The number of nitrogens with zero attached hydrogens (tertiary/aromatic N) is 2. The van der Waals surface area contributed by atoms with Crippen molar-refractivity contribution in [2.45, 2.75) is 6.92 Å². The predicted octanol–water partition coefficient (Wildman–Crippen LogP) is 3.47. The van der Waals surface area contributed by atoms with Gasteiger partial charge in [0.2, 0.25) is 0 Å². The molecular formula is C15H11F2N3. The summed E-state index contributed by atoms with van der Waals surface area (Å²) in [6.07, 6.45) is 0. The van der Waals surface area contributed by atoms with E-state index in [2.05, 4.69) is 9.97 Å². The summed E-state index contributed by atoms with van der Waals surface area (Å²) >= 11 is 0. The maximum Gasteiger partial charge on any atom is 0.168 e. The van der Waals surface area contributed by atoms with Crippen LogP contribution >= 0.6 is 0 Å². The van der Waals surface area contributed by atoms with Gasteiger partial charge in [-0.2, -0.15) is 0 Å². The van der Waals surface area contributed by atoms with E-state index in [4.69, 9.17) is 5.73 Å². The molecule has 5 heteroatoms. The first kappa shape index (κ1) is 12.5. The zero-order chi connectivity index (χ0) is 14.3. The zero-order valence-corrected chi connectivity index (χ0v) is 10.7. The molecule has 0 amide bonds. The Bertz CT molecular complexity index is 795. The first-order chi connectivity index (χ1) is 9.58. The third-order valence-corrected chi connectivity index (χ3v) is 3.15. The smallest absolute Gasteiger partial charge is 0.168 e. The summed E-state index contributed by atoms with van der Waals surface area (Å²) in [6.45, 7) is 1.88. The summed E-state index contributed by atoms with van der Waals surface area (Å²) in [5.74, 6) is -1.25. The molecule has 0 saturated heterocycles. The van der Waals surface area contributed by atoms with Crippen LogP contribution < -0.4 is 5.73 Å². The van der Waals surface area contributed by atoms with Crippen LogP contribution in [0.4, 0.5) is 14.6 Å². The second-order valence-corrected chi connectivity index (χ2v) is 4.50. The van der Waals surface area contributed by atoms with E-state index in [1.165, 1.54) is 18.2 Å². The number of aromatic nitrogens is 2. The minimum Gasteiger partial charge on any atom is -0.383 e. The summed E-state index contributed by atoms with van der Waals surface area (Å²) in [4.78, 5) is 8.26. The average Bonchev–Trinajstić information content (AvgIpc) is 2.38. The van der Waals surface area contributed by atoms with Crippen molar-refractivity contribution in [3.63, 3.8) is 0 Å². The first-order valence-corrected chi connectivity index (χ1v) is 6.05. The Morgan fingerprint density at radius 1 is 0.950 bits per heavy atom. The normalized spacial score (nSPS) is 10.9. The van der Waals surface area contributed by atoms with Crippen molar-refractivity contribution in [2.75, 3.05) is 5.73 Å². The molecule has 0 atom stereocenters. The van der Waals surface area contributed by atoms with Gasteiger partial charge < -0.3 is 5.73 Å². The zero-order valence-electron chi connectivity index (χ0n) is 10.7. The second-order valence-electron chi connectivity index (χ2n) is 4.50. The second kappa shape index (κ2) is 4.52. The van der Waals surface area contributed by atoms with Crippen LogP contribution in [-0.2, 0) is 0 Å². The van der Waals surface area contributed by atoms with Gasteiger partial charge in [-0.25, -0.2) is 18.7 Å². The first-order valence-electron chi connectivity index (χ1n) is 6.05. The molecule has 0 bridgehead atoms. The van der Waals surface area contributed by atoms with Gasteiger partial charge in [-0.05, 0) is 30.7 Å². The van der Waals surface area contributed by atoms with E-state index in [9.17, 15) is 8.78 Å². The topological polar surface area (TPSA) is 51.8 Å². The highest BCUT2D eigenvalue weighted by atomic mass is 19.1. The number of nitrogen functional groups attached to an aromatic ring is 1. The SMILES string of the molecule is Cc1cccc2nc(-c3c(F)cccc3F)nc(N)c12. The quantitative estimate of drug-likeness (QED) is 0.737. The maximum absolute atomic E-state index is 13.8. The molecule has 20 heavy (non-hydrogen) atoms. The molecule has 1 aromatic heterocycles. The fourth-order valence-electron chi connectivity index (χ4n) is 2.21. The van der Waals surface area contributed by atoms with Crippen LogP contribution in [0.2, 0.25) is 0 Å².